The van der Waals surface area contributed by atoms with Crippen molar-refractivity contribution in [1.29, 1.82) is 0 Å². The molecule has 2 aliphatic rings. The molecule has 86 heavy (non-hydrogen) atoms. The number of fused-ring (bicyclic) bond motifs is 1. The summed E-state index contributed by atoms with van der Waals surface area (Å²) in [5, 5.41) is 35.8. The zero-order chi connectivity index (χ0) is 62.9. The lowest BCUT2D eigenvalue weighted by Crippen LogP contribution is -2.57. The molecule has 0 bridgehead atoms. The van der Waals surface area contributed by atoms with E-state index in [-0.39, 0.29) is 69.6 Å². The first kappa shape index (κ1) is 66.6. The van der Waals surface area contributed by atoms with E-state index in [4.69, 9.17) is 20.3 Å². The number of nitrogens with one attached hydrogen (secondary N) is 8. The predicted octanol–water partition coefficient (Wildman–Crippen LogP) is 1.58. The summed E-state index contributed by atoms with van der Waals surface area (Å²) in [6, 6.07) is 10.9. The molecule has 3 unspecified atom stereocenters. The van der Waals surface area contributed by atoms with Gasteiger partial charge in [-0.2, -0.15) is 0 Å². The van der Waals surface area contributed by atoms with Gasteiger partial charge in [-0.05, 0) is 121 Å². The van der Waals surface area contributed by atoms with Crippen molar-refractivity contribution >= 4 is 63.4 Å². The third-order valence-corrected chi connectivity index (χ3v) is 15.4. The number of carbonyl (C=O) groups is 8. The number of aliphatic carboxylic acids is 1. The van der Waals surface area contributed by atoms with Crippen LogP contribution >= 0.6 is 0 Å². The highest BCUT2D eigenvalue weighted by Gasteiger charge is 2.36. The van der Waals surface area contributed by atoms with Crippen LogP contribution in [0.3, 0.4) is 0 Å². The maximum absolute atomic E-state index is 14.4. The zero-order valence-electron chi connectivity index (χ0n) is 49.3. The first-order valence-electron chi connectivity index (χ1n) is 28.2. The van der Waals surface area contributed by atoms with Gasteiger partial charge >= 0.3 is 11.9 Å². The Bertz CT molecular complexity index is 3240. The number of guanidine groups is 1. The van der Waals surface area contributed by atoms with Crippen molar-refractivity contribution in [3.8, 4) is 5.75 Å². The normalized spacial score (nSPS) is 19.1. The molecule has 1 saturated heterocycles. The van der Waals surface area contributed by atoms with Gasteiger partial charge in [-0.1, -0.05) is 53.7 Å². The SMILES string of the molecule is Cc1cc2c(c(C)c1S(=O)(=O)NC(N)=NCCCC1NC(=O)[C@H](CCCCNC(=O)c3ccc(Cn4cc(CNC(C[18F])C(=O)O)nn4)cc3)NC(=O)C[C@@H](Cc3ccccc3)NC(=O)C(CC(=O)OC(C)(C)C)NC(=O)CNC1=O)OC(C)(C)C2. The number of amides is 6. The van der Waals surface area contributed by atoms with Gasteiger partial charge in [0.2, 0.25) is 35.5 Å². The number of esters is 1. The fourth-order valence-electron chi connectivity index (χ4n) is 9.82. The highest BCUT2D eigenvalue weighted by Crippen LogP contribution is 2.41. The first-order chi connectivity index (χ1) is 40.6. The second-order valence-corrected chi connectivity index (χ2v) is 24.5. The van der Waals surface area contributed by atoms with Crippen LogP contribution in [0.5, 0.6) is 5.75 Å². The minimum Gasteiger partial charge on any atom is -0.487 e. The Morgan fingerprint density at radius 2 is 1.58 bits per heavy atom. The Morgan fingerprint density at radius 3 is 2.27 bits per heavy atom. The number of rotatable bonds is 23. The maximum atomic E-state index is 14.4. The quantitative estimate of drug-likeness (QED) is 0.0218. The van der Waals surface area contributed by atoms with E-state index in [1.807, 2.05) is 13.8 Å². The molecule has 26 nitrogen and oxygen atoms in total. The number of halogens is 1. The third-order valence-electron chi connectivity index (χ3n) is 13.7. The van der Waals surface area contributed by atoms with Crippen LogP contribution in [0.1, 0.15) is 123 Å². The second kappa shape index (κ2) is 30.0. The van der Waals surface area contributed by atoms with E-state index in [1.165, 1.54) is 4.68 Å². The highest BCUT2D eigenvalue weighted by atomic mass is 32.2. The van der Waals surface area contributed by atoms with E-state index < -0.39 is 124 Å². The van der Waals surface area contributed by atoms with Crippen molar-refractivity contribution < 1.29 is 65.7 Å². The lowest BCUT2D eigenvalue weighted by molar-refractivity contribution is -0.156. The molecule has 3 heterocycles. The molecule has 4 aromatic rings. The number of alkyl halides is 1. The van der Waals surface area contributed by atoms with Crippen LogP contribution in [0.2, 0.25) is 0 Å². The van der Waals surface area contributed by atoms with E-state index in [0.717, 1.165) is 16.7 Å². The minimum absolute atomic E-state index is 0.0106. The molecule has 466 valence electrons. The van der Waals surface area contributed by atoms with Crippen molar-refractivity contribution in [2.24, 2.45) is 10.7 Å². The van der Waals surface area contributed by atoms with Gasteiger partial charge < -0.3 is 52.2 Å². The number of nitrogens with two attached hydrogens (primary N) is 1. The second-order valence-electron chi connectivity index (χ2n) is 22.9. The number of ether oxygens (including phenoxy) is 2. The molecule has 1 aromatic heterocycles. The smallest absolute Gasteiger partial charge is 0.323 e. The minimum atomic E-state index is -4.26. The van der Waals surface area contributed by atoms with Gasteiger partial charge in [0.15, 0.2) is 0 Å². The molecule has 6 rings (SSSR count). The van der Waals surface area contributed by atoms with Crippen molar-refractivity contribution in [2.45, 2.75) is 166 Å². The largest absolute Gasteiger partial charge is 0.487 e. The number of aromatic nitrogens is 3. The summed E-state index contributed by atoms with van der Waals surface area (Å²) in [7, 11) is -4.26. The molecule has 6 amide bonds. The Balaban J connectivity index is 1.15. The third kappa shape index (κ3) is 20.3. The predicted molar refractivity (Wildman–Crippen MR) is 312 cm³/mol. The fraction of sp³-hybridized carbons (Fsp3) is 0.500. The van der Waals surface area contributed by atoms with Gasteiger partial charge in [-0.15, -0.1) is 5.10 Å². The summed E-state index contributed by atoms with van der Waals surface area (Å²) in [6.45, 7) is 10.5. The van der Waals surface area contributed by atoms with Gasteiger partial charge in [-0.25, -0.2) is 22.2 Å². The number of nitrogens with zero attached hydrogens (tertiary/aromatic N) is 4. The molecule has 2 aliphatic heterocycles. The van der Waals surface area contributed by atoms with Gasteiger partial charge in [0.1, 0.15) is 47.8 Å². The van der Waals surface area contributed by atoms with Crippen LogP contribution in [-0.2, 0) is 74.3 Å². The standard InChI is InChI=1S/C58H78FN13O13S/c1-34-24-39-28-58(6,7)85-49(39)35(2)50(34)86(82,83)70-56(60)62-23-13-17-42-52(77)64-31-47(74)67-44(27-48(75)84-57(3,4)5)54(79)65-40(25-36-14-9-8-10-15-36)26-46(73)66-43(53(78)68-42)16-11-12-22-61-51(76)38-20-18-37(19-21-38)32-72-33-41(69-71-72)30-63-45(29-59)55(80)81/h8-10,14-15,18-21,24,33,40,42-45,63H,11-13,16-17,22-23,25-32H2,1-7H3,(H,61,76)(H,64,77)(H,65,79)(H,66,73)(H,67,74)(H,68,78)(H,80,81)(H3,60,62,70)/t40-,42?,43+,44?,45?/m1/s1/i59-1. The number of carbonyl (C=O) groups excluding carboxylic acids is 7. The van der Waals surface area contributed by atoms with Crippen molar-refractivity contribution in [3.63, 3.8) is 0 Å². The summed E-state index contributed by atoms with van der Waals surface area (Å²) < 4.78 is 55.8. The Morgan fingerprint density at radius 1 is 0.907 bits per heavy atom. The van der Waals surface area contributed by atoms with Gasteiger partial charge in [0, 0.05) is 49.6 Å². The van der Waals surface area contributed by atoms with E-state index in [9.17, 15) is 51.2 Å². The van der Waals surface area contributed by atoms with Crippen LogP contribution < -0.4 is 52.4 Å². The van der Waals surface area contributed by atoms with E-state index in [2.05, 4.69) is 57.2 Å². The molecule has 5 atom stereocenters. The summed E-state index contributed by atoms with van der Waals surface area (Å²) in [5.74, 6) is -6.46. The molecule has 11 N–H and O–H groups in total. The Hall–Kier alpha value is -8.53. The molecule has 0 saturated carbocycles. The van der Waals surface area contributed by atoms with Crippen LogP contribution in [-0.4, -0.2) is 150 Å². The number of hydrogen-bond acceptors (Lipinski definition) is 16. The van der Waals surface area contributed by atoms with Crippen molar-refractivity contribution in [3.05, 3.63) is 106 Å². The van der Waals surface area contributed by atoms with Gasteiger partial charge in [-0.3, -0.25) is 48.7 Å². The molecule has 0 spiro atoms. The monoisotopic (exact) mass is 1210 g/mol. The number of carboxylic acids is 1. The lowest BCUT2D eigenvalue weighted by Gasteiger charge is -2.27. The number of aryl methyl sites for hydroxylation is 1. The van der Waals surface area contributed by atoms with Gasteiger partial charge in [0.05, 0.1) is 36.3 Å². The van der Waals surface area contributed by atoms with E-state index >= 15 is 0 Å². The average Bonchev–Trinajstić information content (AvgIpc) is 1.72. The molecule has 1 fully saturated rings. The van der Waals surface area contributed by atoms with Gasteiger partial charge in [0.25, 0.3) is 15.9 Å². The zero-order valence-corrected chi connectivity index (χ0v) is 50.2. The van der Waals surface area contributed by atoms with Crippen LogP contribution in [0.4, 0.5) is 4.39 Å². The number of carboxylic acid groups (broad SMARTS) is 1. The molecule has 28 heteroatoms. The van der Waals surface area contributed by atoms with Crippen LogP contribution in [0.25, 0.3) is 0 Å². The first-order valence-corrected chi connectivity index (χ1v) is 29.7. The van der Waals surface area contributed by atoms with Crippen LogP contribution in [0, 0.1) is 13.8 Å². The molecule has 0 aliphatic carbocycles. The maximum Gasteiger partial charge on any atom is 0.323 e. The topological polar surface area (TPSA) is 375 Å². The molecular formula is C58H78FN13O13S. The number of hydrogen-bond donors (Lipinski definition) is 10. The van der Waals surface area contributed by atoms with Crippen LogP contribution in [0.15, 0.2) is 76.7 Å². The number of sulfonamides is 1. The average molecular weight is 1220 g/mol. The lowest BCUT2D eigenvalue weighted by atomic mass is 9.99. The number of benzene rings is 3. The van der Waals surface area contributed by atoms with Crippen molar-refractivity contribution in [1.82, 2.24) is 56.9 Å². The molecule has 0 radical (unpaired) electrons. The number of aliphatic imine (C=N–C) groups is 1. The van der Waals surface area contributed by atoms with E-state index in [1.54, 1.807) is 101 Å². The molecule has 3 aromatic carbocycles. The highest BCUT2D eigenvalue weighted by molar-refractivity contribution is 7.90. The number of unbranched alkanes of at least 4 members (excludes halogenated alkanes) is 1. The summed E-state index contributed by atoms with van der Waals surface area (Å²) in [5.41, 5.74) is 8.69. The summed E-state index contributed by atoms with van der Waals surface area (Å²) in [6.07, 6.45) is 1.85. The summed E-state index contributed by atoms with van der Waals surface area (Å²) >= 11 is 0. The Kier molecular flexibility index (Phi) is 23.2. The molecular weight excluding hydrogens is 1140 g/mol. The van der Waals surface area contributed by atoms with Crippen molar-refractivity contribution in [2.75, 3.05) is 26.3 Å². The fourth-order valence-corrected chi connectivity index (χ4v) is 11.2. The van der Waals surface area contributed by atoms with E-state index in [0.29, 0.717) is 41.0 Å². The Labute approximate surface area is 498 Å². The summed E-state index contributed by atoms with van der Waals surface area (Å²) in [4.78, 5) is 112.